The molecule has 2 amide bonds. The predicted octanol–water partition coefficient (Wildman–Crippen LogP) is 1.25. The first-order chi connectivity index (χ1) is 12.1. The van der Waals surface area contributed by atoms with E-state index in [-0.39, 0.29) is 17.9 Å². The number of hydrogen-bond donors (Lipinski definition) is 3. The van der Waals surface area contributed by atoms with Gasteiger partial charge in [0.1, 0.15) is 0 Å². The zero-order valence-corrected chi connectivity index (χ0v) is 14.2. The highest BCUT2D eigenvalue weighted by molar-refractivity contribution is 6.01. The molecule has 1 aromatic carbocycles. The lowest BCUT2D eigenvalue weighted by Crippen LogP contribution is -2.29. The molecule has 3 rings (SSSR count). The maximum absolute atomic E-state index is 12.6. The van der Waals surface area contributed by atoms with Crippen molar-refractivity contribution < 1.29 is 9.59 Å². The van der Waals surface area contributed by atoms with E-state index in [0.29, 0.717) is 36.5 Å². The third-order valence-electron chi connectivity index (χ3n) is 4.17. The van der Waals surface area contributed by atoms with E-state index < -0.39 is 0 Å². The molecule has 0 radical (unpaired) electrons. The number of tetrazole rings is 1. The molecule has 3 N–H and O–H groups in total. The fraction of sp³-hybridized carbons (Fsp3) is 0.438. The number of nitrogens with one attached hydrogen (secondary N) is 3. The van der Waals surface area contributed by atoms with Crippen molar-refractivity contribution in [2.75, 3.05) is 23.8 Å². The van der Waals surface area contributed by atoms with Crippen LogP contribution >= 0.6 is 0 Å². The van der Waals surface area contributed by atoms with Crippen LogP contribution in [0, 0.1) is 0 Å². The van der Waals surface area contributed by atoms with Crippen LogP contribution in [0.4, 0.5) is 11.4 Å². The fourth-order valence-electron chi connectivity index (χ4n) is 2.83. The summed E-state index contributed by atoms with van der Waals surface area (Å²) in [5.41, 5.74) is 2.01. The number of carbonyl (C=O) groups is 2. The SMILES string of the molecule is CCC[C@H](NC(=O)c1ccc2c(c1)NC(=O)CCN2C)c1nn[nH]n1. The summed E-state index contributed by atoms with van der Waals surface area (Å²) in [7, 11) is 1.92. The fourth-order valence-corrected chi connectivity index (χ4v) is 2.83. The molecule has 0 unspecified atom stereocenters. The molecule has 25 heavy (non-hydrogen) atoms. The largest absolute Gasteiger partial charge is 0.372 e. The number of aromatic amines is 1. The monoisotopic (exact) mass is 343 g/mol. The van der Waals surface area contributed by atoms with Crippen molar-refractivity contribution in [3.8, 4) is 0 Å². The maximum Gasteiger partial charge on any atom is 0.251 e. The highest BCUT2D eigenvalue weighted by Crippen LogP contribution is 2.29. The zero-order chi connectivity index (χ0) is 17.8. The van der Waals surface area contributed by atoms with E-state index in [4.69, 9.17) is 0 Å². The topological polar surface area (TPSA) is 116 Å². The zero-order valence-electron chi connectivity index (χ0n) is 14.2. The molecule has 0 fully saturated rings. The van der Waals surface area contributed by atoms with Crippen LogP contribution in [0.5, 0.6) is 0 Å². The van der Waals surface area contributed by atoms with E-state index in [1.54, 1.807) is 12.1 Å². The number of carbonyl (C=O) groups excluding carboxylic acids is 2. The molecule has 9 nitrogen and oxygen atoms in total. The lowest BCUT2D eigenvalue weighted by atomic mass is 10.1. The number of fused-ring (bicyclic) bond motifs is 1. The van der Waals surface area contributed by atoms with Crippen molar-refractivity contribution in [3.63, 3.8) is 0 Å². The molecule has 1 atom stereocenters. The third-order valence-corrected chi connectivity index (χ3v) is 4.17. The summed E-state index contributed by atoms with van der Waals surface area (Å²) in [5, 5.41) is 19.7. The van der Waals surface area contributed by atoms with Gasteiger partial charge in [0.25, 0.3) is 5.91 Å². The quantitative estimate of drug-likeness (QED) is 0.752. The van der Waals surface area contributed by atoms with Crippen LogP contribution in [-0.4, -0.2) is 46.0 Å². The molecular formula is C16H21N7O2. The van der Waals surface area contributed by atoms with Crippen LogP contribution in [-0.2, 0) is 4.79 Å². The summed E-state index contributed by atoms with van der Waals surface area (Å²) in [6.07, 6.45) is 1.99. The average Bonchev–Trinajstić information content (AvgIpc) is 3.09. The van der Waals surface area contributed by atoms with Crippen LogP contribution in [0.1, 0.15) is 48.4 Å². The molecule has 2 heterocycles. The van der Waals surface area contributed by atoms with Crippen LogP contribution in [0.2, 0.25) is 0 Å². The molecule has 0 spiro atoms. The Balaban J connectivity index is 1.81. The second-order valence-electron chi connectivity index (χ2n) is 6.04. The number of benzene rings is 1. The molecule has 0 aliphatic carbocycles. The molecule has 1 aliphatic rings. The maximum atomic E-state index is 12.6. The van der Waals surface area contributed by atoms with Gasteiger partial charge in [0, 0.05) is 25.6 Å². The summed E-state index contributed by atoms with van der Waals surface area (Å²) in [6.45, 7) is 2.66. The molecule has 0 saturated heterocycles. The van der Waals surface area contributed by atoms with Crippen LogP contribution < -0.4 is 15.5 Å². The summed E-state index contributed by atoms with van der Waals surface area (Å²) < 4.78 is 0. The van der Waals surface area contributed by atoms with Crippen LogP contribution in [0.3, 0.4) is 0 Å². The molecule has 0 saturated carbocycles. The van der Waals surface area contributed by atoms with Crippen LogP contribution in [0.15, 0.2) is 18.2 Å². The standard InChI is InChI=1S/C16H21N7O2/c1-3-4-11(15-19-21-22-20-15)18-16(25)10-5-6-13-12(9-10)17-14(24)7-8-23(13)2/h5-6,9,11H,3-4,7-8H2,1-2H3,(H,17,24)(H,18,25)(H,19,20,21,22)/t11-/m0/s1. The van der Waals surface area contributed by atoms with Crippen LogP contribution in [0.25, 0.3) is 0 Å². The minimum atomic E-state index is -0.313. The lowest BCUT2D eigenvalue weighted by molar-refractivity contribution is -0.115. The number of amides is 2. The highest BCUT2D eigenvalue weighted by Gasteiger charge is 2.21. The summed E-state index contributed by atoms with van der Waals surface area (Å²) in [5.74, 6) is 0.156. The number of aromatic nitrogens is 4. The normalized spacial score (nSPS) is 15.1. The first kappa shape index (κ1) is 16.9. The Morgan fingerprint density at radius 1 is 1.44 bits per heavy atom. The number of hydrogen-bond acceptors (Lipinski definition) is 6. The Morgan fingerprint density at radius 2 is 2.28 bits per heavy atom. The Morgan fingerprint density at radius 3 is 3.00 bits per heavy atom. The Hall–Kier alpha value is -2.97. The van der Waals surface area contributed by atoms with Gasteiger partial charge in [-0.25, -0.2) is 0 Å². The van der Waals surface area contributed by atoms with Crippen molar-refractivity contribution in [2.24, 2.45) is 0 Å². The van der Waals surface area contributed by atoms with E-state index in [0.717, 1.165) is 12.1 Å². The van der Waals surface area contributed by atoms with E-state index in [1.807, 2.05) is 24.9 Å². The smallest absolute Gasteiger partial charge is 0.251 e. The molecule has 1 aromatic heterocycles. The summed E-state index contributed by atoms with van der Waals surface area (Å²) in [4.78, 5) is 26.5. The van der Waals surface area contributed by atoms with Crippen molar-refractivity contribution in [1.29, 1.82) is 0 Å². The summed E-state index contributed by atoms with van der Waals surface area (Å²) >= 11 is 0. The molecule has 1 aliphatic heterocycles. The second-order valence-corrected chi connectivity index (χ2v) is 6.04. The van der Waals surface area contributed by atoms with Gasteiger partial charge in [-0.2, -0.15) is 5.21 Å². The molecule has 0 bridgehead atoms. The number of anilines is 2. The minimum Gasteiger partial charge on any atom is -0.372 e. The molecule has 132 valence electrons. The van der Waals surface area contributed by atoms with Gasteiger partial charge in [0.15, 0.2) is 5.82 Å². The molecule has 2 aromatic rings. The van der Waals surface area contributed by atoms with Crippen molar-refractivity contribution >= 4 is 23.2 Å². The number of nitrogens with zero attached hydrogens (tertiary/aromatic N) is 4. The van der Waals surface area contributed by atoms with E-state index >= 15 is 0 Å². The Labute approximate surface area is 145 Å². The predicted molar refractivity (Wildman–Crippen MR) is 92.3 cm³/mol. The average molecular weight is 343 g/mol. The first-order valence-electron chi connectivity index (χ1n) is 8.27. The highest BCUT2D eigenvalue weighted by atomic mass is 16.2. The summed E-state index contributed by atoms with van der Waals surface area (Å²) in [6, 6.07) is 4.98. The second kappa shape index (κ2) is 7.29. The molecular weight excluding hydrogens is 322 g/mol. The van der Waals surface area contributed by atoms with Gasteiger partial charge >= 0.3 is 0 Å². The van der Waals surface area contributed by atoms with Gasteiger partial charge in [-0.15, -0.1) is 10.2 Å². The number of rotatable bonds is 5. The van der Waals surface area contributed by atoms with Crippen molar-refractivity contribution in [1.82, 2.24) is 25.9 Å². The van der Waals surface area contributed by atoms with Gasteiger partial charge in [-0.1, -0.05) is 18.6 Å². The molecule has 9 heteroatoms. The van der Waals surface area contributed by atoms with Gasteiger partial charge in [-0.05, 0) is 24.6 Å². The van der Waals surface area contributed by atoms with Gasteiger partial charge in [0.2, 0.25) is 5.91 Å². The van der Waals surface area contributed by atoms with Gasteiger partial charge in [-0.3, -0.25) is 9.59 Å². The van der Waals surface area contributed by atoms with E-state index in [9.17, 15) is 9.59 Å². The van der Waals surface area contributed by atoms with Gasteiger partial charge in [0.05, 0.1) is 17.4 Å². The van der Waals surface area contributed by atoms with Gasteiger partial charge < -0.3 is 15.5 Å². The Bertz CT molecular complexity index is 760. The third kappa shape index (κ3) is 3.76. The first-order valence-corrected chi connectivity index (χ1v) is 8.27. The van der Waals surface area contributed by atoms with Crippen molar-refractivity contribution in [3.05, 3.63) is 29.6 Å². The van der Waals surface area contributed by atoms with E-state index in [2.05, 4.69) is 31.3 Å². The van der Waals surface area contributed by atoms with Crippen molar-refractivity contribution in [2.45, 2.75) is 32.2 Å². The Kier molecular flexibility index (Phi) is 4.92. The lowest BCUT2D eigenvalue weighted by Gasteiger charge is -2.19. The minimum absolute atomic E-state index is 0.0567. The number of H-pyrrole nitrogens is 1. The van der Waals surface area contributed by atoms with E-state index in [1.165, 1.54) is 0 Å².